The molecular weight excluding hydrogens is 326 g/mol. The number of sulfonamides is 1. The van der Waals surface area contributed by atoms with E-state index >= 15 is 0 Å². The molecule has 0 saturated carbocycles. The monoisotopic (exact) mass is 349 g/mol. The van der Waals surface area contributed by atoms with Gasteiger partial charge in [0.15, 0.2) is 0 Å². The zero-order valence-corrected chi connectivity index (χ0v) is 14.7. The molecule has 4 N–H and O–H groups in total. The highest BCUT2D eigenvalue weighted by molar-refractivity contribution is 7.89. The minimum atomic E-state index is -3.62. The van der Waals surface area contributed by atoms with Crippen LogP contribution in [0.3, 0.4) is 0 Å². The summed E-state index contributed by atoms with van der Waals surface area (Å²) in [6.07, 6.45) is 1.36. The Morgan fingerprint density at radius 3 is 2.09 bits per heavy atom. The largest absolute Gasteiger partial charge is 0.355 e. The minimum Gasteiger partial charge on any atom is -0.355 e. The van der Waals surface area contributed by atoms with Gasteiger partial charge in [-0.05, 0) is 37.1 Å². The van der Waals surface area contributed by atoms with Crippen molar-refractivity contribution < 1.29 is 13.2 Å². The van der Waals surface area contributed by atoms with E-state index in [0.29, 0.717) is 18.4 Å². The molecule has 1 rings (SSSR count). The maximum Gasteiger partial charge on any atom is 0.251 e. The quantitative estimate of drug-likeness (QED) is 0.689. The summed E-state index contributed by atoms with van der Waals surface area (Å²) in [5.41, 5.74) is 5.95. The Morgan fingerprint density at radius 1 is 1.18 bits per heavy atom. The van der Waals surface area contributed by atoms with Gasteiger partial charge < -0.3 is 11.1 Å². The summed E-state index contributed by atoms with van der Waals surface area (Å²) >= 11 is 0. The van der Waals surface area contributed by atoms with E-state index in [-0.39, 0.29) is 29.8 Å². The summed E-state index contributed by atoms with van der Waals surface area (Å²) in [5, 5.41) is 2.48. The molecule has 0 spiro atoms. The molecule has 0 bridgehead atoms. The molecule has 0 fully saturated rings. The van der Waals surface area contributed by atoms with Crippen LogP contribution in [-0.2, 0) is 10.0 Å². The predicted molar refractivity (Wildman–Crippen MR) is 89.8 cm³/mol. The van der Waals surface area contributed by atoms with E-state index in [0.717, 1.165) is 0 Å². The first-order valence-corrected chi connectivity index (χ1v) is 8.37. The van der Waals surface area contributed by atoms with Gasteiger partial charge in [0.05, 0.1) is 4.90 Å². The number of rotatable bonds is 7. The molecule has 0 saturated heterocycles. The first kappa shape index (κ1) is 20.9. The van der Waals surface area contributed by atoms with E-state index in [1.807, 2.05) is 13.8 Å². The van der Waals surface area contributed by atoms with Crippen molar-refractivity contribution >= 4 is 28.3 Å². The maximum atomic E-state index is 12.2. The first-order chi connectivity index (χ1) is 9.78. The van der Waals surface area contributed by atoms with Crippen LogP contribution in [0, 0.1) is 0 Å². The number of halogens is 1. The molecule has 0 heterocycles. The smallest absolute Gasteiger partial charge is 0.251 e. The van der Waals surface area contributed by atoms with Gasteiger partial charge >= 0.3 is 0 Å². The lowest BCUT2D eigenvalue weighted by atomic mass is 9.95. The number of carbonyl (C=O) groups excluding carboxylic acids is 1. The molecule has 1 aromatic rings. The number of carbonyl (C=O) groups is 1. The highest BCUT2D eigenvalue weighted by Crippen LogP contribution is 2.14. The number of hydrogen-bond acceptors (Lipinski definition) is 4. The Balaban J connectivity index is 0.00000441. The van der Waals surface area contributed by atoms with Gasteiger partial charge in [-0.15, -0.1) is 12.4 Å². The van der Waals surface area contributed by atoms with E-state index in [4.69, 9.17) is 5.73 Å². The number of hydrogen-bond donors (Lipinski definition) is 3. The number of amides is 1. The third-order valence-electron chi connectivity index (χ3n) is 3.68. The molecule has 0 aliphatic heterocycles. The Hall–Kier alpha value is -1.15. The van der Waals surface area contributed by atoms with Crippen molar-refractivity contribution in [1.82, 2.24) is 10.0 Å². The summed E-state index contributed by atoms with van der Waals surface area (Å²) in [7, 11) is -2.11. The summed E-state index contributed by atoms with van der Waals surface area (Å²) < 4.78 is 26.9. The second-order valence-electron chi connectivity index (χ2n) is 5.00. The third-order valence-corrected chi connectivity index (χ3v) is 5.09. The van der Waals surface area contributed by atoms with E-state index < -0.39 is 15.6 Å². The average Bonchev–Trinajstić information content (AvgIpc) is 2.52. The van der Waals surface area contributed by atoms with Crippen LogP contribution in [0.25, 0.3) is 0 Å². The van der Waals surface area contributed by atoms with E-state index in [2.05, 4.69) is 10.0 Å². The van der Waals surface area contributed by atoms with Crippen LogP contribution in [0.15, 0.2) is 29.2 Å². The van der Waals surface area contributed by atoms with Crippen LogP contribution in [-0.4, -0.2) is 33.5 Å². The fraction of sp³-hybridized carbons (Fsp3) is 0.500. The molecule has 0 atom stereocenters. The summed E-state index contributed by atoms with van der Waals surface area (Å²) in [4.78, 5) is 11.5. The van der Waals surface area contributed by atoms with Crippen LogP contribution in [0.2, 0.25) is 0 Å². The topological polar surface area (TPSA) is 101 Å². The fourth-order valence-corrected chi connectivity index (χ4v) is 2.89. The fourth-order valence-electron chi connectivity index (χ4n) is 1.75. The Kier molecular flexibility index (Phi) is 8.03. The van der Waals surface area contributed by atoms with Crippen LogP contribution in [0.4, 0.5) is 0 Å². The van der Waals surface area contributed by atoms with Gasteiger partial charge in [0.25, 0.3) is 5.91 Å². The number of nitrogens with one attached hydrogen (secondary N) is 2. The van der Waals surface area contributed by atoms with Crippen molar-refractivity contribution in [3.63, 3.8) is 0 Å². The predicted octanol–water partition coefficient (Wildman–Crippen LogP) is 1.26. The number of benzene rings is 1. The SMILES string of the molecule is CCC(N)(CC)CNS(=O)(=O)c1ccc(C(=O)NC)cc1.Cl. The van der Waals surface area contributed by atoms with Crippen LogP contribution in [0.1, 0.15) is 37.0 Å². The Labute approximate surface area is 138 Å². The summed E-state index contributed by atoms with van der Waals surface area (Å²) in [6, 6.07) is 5.76. The normalized spacial score (nSPS) is 11.6. The molecule has 0 radical (unpaired) electrons. The lowest BCUT2D eigenvalue weighted by Crippen LogP contribution is -2.49. The molecule has 126 valence electrons. The minimum absolute atomic E-state index is 0. The molecule has 0 aromatic heterocycles. The van der Waals surface area contributed by atoms with Crippen molar-refractivity contribution in [2.45, 2.75) is 37.1 Å². The lowest BCUT2D eigenvalue weighted by molar-refractivity contribution is 0.0963. The molecule has 1 amide bonds. The van der Waals surface area contributed by atoms with Gasteiger partial charge in [-0.2, -0.15) is 0 Å². The first-order valence-electron chi connectivity index (χ1n) is 6.88. The molecule has 0 aliphatic carbocycles. The summed E-state index contributed by atoms with van der Waals surface area (Å²) in [6.45, 7) is 4.03. The van der Waals surface area contributed by atoms with Crippen molar-refractivity contribution in [1.29, 1.82) is 0 Å². The lowest BCUT2D eigenvalue weighted by Gasteiger charge is -2.26. The van der Waals surface area contributed by atoms with Crippen molar-refractivity contribution in [3.05, 3.63) is 29.8 Å². The van der Waals surface area contributed by atoms with Crippen LogP contribution in [0.5, 0.6) is 0 Å². The van der Waals surface area contributed by atoms with Gasteiger partial charge in [0.1, 0.15) is 0 Å². The van der Waals surface area contributed by atoms with Gasteiger partial charge in [-0.3, -0.25) is 4.79 Å². The Bertz CT molecular complexity index is 584. The molecule has 22 heavy (non-hydrogen) atoms. The van der Waals surface area contributed by atoms with Gasteiger partial charge in [-0.25, -0.2) is 13.1 Å². The maximum absolute atomic E-state index is 12.2. The highest BCUT2D eigenvalue weighted by Gasteiger charge is 2.24. The van der Waals surface area contributed by atoms with Crippen molar-refractivity contribution in [2.24, 2.45) is 5.73 Å². The van der Waals surface area contributed by atoms with Crippen molar-refractivity contribution in [2.75, 3.05) is 13.6 Å². The van der Waals surface area contributed by atoms with Gasteiger partial charge in [0, 0.05) is 24.7 Å². The molecule has 8 heteroatoms. The van der Waals surface area contributed by atoms with Crippen LogP contribution >= 0.6 is 12.4 Å². The summed E-state index contributed by atoms with van der Waals surface area (Å²) in [5.74, 6) is -0.259. The zero-order chi connectivity index (χ0) is 16.1. The average molecular weight is 350 g/mol. The zero-order valence-electron chi connectivity index (χ0n) is 13.0. The van der Waals surface area contributed by atoms with E-state index in [1.54, 1.807) is 0 Å². The second kappa shape index (κ2) is 8.47. The van der Waals surface area contributed by atoms with Crippen LogP contribution < -0.4 is 15.8 Å². The Morgan fingerprint density at radius 2 is 1.68 bits per heavy atom. The standard InChI is InChI=1S/C14H23N3O3S.ClH/c1-4-14(15,5-2)10-17-21(19,20)12-8-6-11(7-9-12)13(18)16-3;/h6-9,17H,4-5,10,15H2,1-3H3,(H,16,18);1H. The molecule has 0 unspecified atom stereocenters. The van der Waals surface area contributed by atoms with Crippen molar-refractivity contribution in [3.8, 4) is 0 Å². The molecule has 6 nitrogen and oxygen atoms in total. The van der Waals surface area contributed by atoms with E-state index in [9.17, 15) is 13.2 Å². The third kappa shape index (κ3) is 5.24. The number of nitrogens with two attached hydrogens (primary N) is 1. The highest BCUT2D eigenvalue weighted by atomic mass is 35.5. The molecule has 0 aliphatic rings. The molecular formula is C14H24ClN3O3S. The molecule has 1 aromatic carbocycles. The van der Waals surface area contributed by atoms with E-state index in [1.165, 1.54) is 31.3 Å². The van der Waals surface area contributed by atoms with Gasteiger partial charge in [0.2, 0.25) is 10.0 Å². The second-order valence-corrected chi connectivity index (χ2v) is 6.76. The van der Waals surface area contributed by atoms with Gasteiger partial charge in [-0.1, -0.05) is 13.8 Å².